The predicted molar refractivity (Wildman–Crippen MR) is 71.9 cm³/mol. The van der Waals surface area contributed by atoms with Crippen LogP contribution in [0.15, 0.2) is 40.7 Å². The molecule has 0 aliphatic carbocycles. The average Bonchev–Trinajstić information content (AvgIpc) is 2.46. The highest BCUT2D eigenvalue weighted by Gasteiger charge is 2.29. The Morgan fingerprint density at radius 1 is 1.19 bits per heavy atom. The minimum atomic E-state index is -0.965. The Balaban J connectivity index is 1.90. The Morgan fingerprint density at radius 2 is 2.00 bits per heavy atom. The lowest BCUT2D eigenvalue weighted by Crippen LogP contribution is -2.24. The summed E-state index contributed by atoms with van der Waals surface area (Å²) in [5, 5.41) is 7.91. The molecule has 1 unspecified atom stereocenters. The highest BCUT2D eigenvalue weighted by molar-refractivity contribution is 6.33. The van der Waals surface area contributed by atoms with Crippen molar-refractivity contribution in [3.8, 4) is 0 Å². The molecule has 0 bridgehead atoms. The Labute approximate surface area is 123 Å². The molecule has 0 saturated carbocycles. The van der Waals surface area contributed by atoms with E-state index in [9.17, 15) is 13.6 Å². The number of pyridine rings is 1. The summed E-state index contributed by atoms with van der Waals surface area (Å²) in [6.45, 7) is 0. The van der Waals surface area contributed by atoms with Gasteiger partial charge in [-0.15, -0.1) is 0 Å². The molecule has 1 atom stereocenters. The van der Waals surface area contributed by atoms with E-state index in [2.05, 4.69) is 15.2 Å². The largest absolute Gasteiger partial charge is 0.291 e. The summed E-state index contributed by atoms with van der Waals surface area (Å²) in [6, 6.07) is 4.18. The monoisotopic (exact) mass is 307 g/mol. The van der Waals surface area contributed by atoms with E-state index in [1.807, 2.05) is 0 Å². The molecule has 4 nitrogen and oxygen atoms in total. The van der Waals surface area contributed by atoms with Crippen LogP contribution in [0.5, 0.6) is 0 Å². The molecule has 3 rings (SSSR count). The lowest BCUT2D eigenvalue weighted by molar-refractivity contribution is 0.0955. The van der Waals surface area contributed by atoms with Gasteiger partial charge >= 0.3 is 0 Å². The number of Topliss-reactive ketones (excluding diaryl/α,β-unsaturated/α-hetero) is 1. The summed E-state index contributed by atoms with van der Waals surface area (Å²) in [7, 11) is 0. The van der Waals surface area contributed by atoms with Crippen molar-refractivity contribution in [2.24, 2.45) is 10.2 Å². The Morgan fingerprint density at radius 3 is 2.76 bits per heavy atom. The third-order valence-electron chi connectivity index (χ3n) is 3.15. The normalized spacial score (nSPS) is 16.9. The van der Waals surface area contributed by atoms with Gasteiger partial charge in [-0.2, -0.15) is 10.2 Å². The minimum Gasteiger partial charge on any atom is -0.291 e. The van der Waals surface area contributed by atoms with Gasteiger partial charge in [-0.25, -0.2) is 13.8 Å². The van der Waals surface area contributed by atoms with Crippen molar-refractivity contribution < 1.29 is 13.6 Å². The number of nitrogens with zero attached hydrogens (tertiary/aromatic N) is 3. The Bertz CT molecular complexity index is 764. The first-order chi connectivity index (χ1) is 10.1. The number of azo groups is 1. The fraction of sp³-hybridized carbons (Fsp3) is 0.143. The lowest BCUT2D eigenvalue weighted by atomic mass is 9.97. The van der Waals surface area contributed by atoms with Crippen molar-refractivity contribution in [2.45, 2.75) is 12.5 Å². The summed E-state index contributed by atoms with van der Waals surface area (Å²) >= 11 is 5.91. The molecule has 0 N–H and O–H groups in total. The van der Waals surface area contributed by atoms with Crippen molar-refractivity contribution in [1.29, 1.82) is 0 Å². The van der Waals surface area contributed by atoms with Crippen LogP contribution in [0.2, 0.25) is 5.15 Å². The first-order valence-electron chi connectivity index (χ1n) is 6.10. The van der Waals surface area contributed by atoms with Gasteiger partial charge in [-0.3, -0.25) is 4.79 Å². The SMILES string of the molecule is O=C1c2c(ccnc2Cl)N=NC1Cc1ccc(F)c(F)c1. The molecular formula is C14H8ClF2N3O. The molecule has 1 aliphatic heterocycles. The molecule has 0 saturated heterocycles. The maximum atomic E-state index is 13.2. The maximum absolute atomic E-state index is 13.2. The topological polar surface area (TPSA) is 54.7 Å². The smallest absolute Gasteiger partial charge is 0.194 e. The van der Waals surface area contributed by atoms with E-state index in [4.69, 9.17) is 11.6 Å². The fourth-order valence-corrected chi connectivity index (χ4v) is 2.36. The van der Waals surface area contributed by atoms with Crippen molar-refractivity contribution in [3.63, 3.8) is 0 Å². The van der Waals surface area contributed by atoms with E-state index in [0.29, 0.717) is 11.3 Å². The van der Waals surface area contributed by atoms with Crippen LogP contribution in [-0.4, -0.2) is 16.8 Å². The van der Waals surface area contributed by atoms with Crippen LogP contribution >= 0.6 is 11.6 Å². The van der Waals surface area contributed by atoms with Crippen LogP contribution in [-0.2, 0) is 6.42 Å². The van der Waals surface area contributed by atoms with Crippen molar-refractivity contribution >= 4 is 23.1 Å². The fourth-order valence-electron chi connectivity index (χ4n) is 2.11. The third kappa shape index (κ3) is 2.54. The number of carbonyl (C=O) groups excluding carboxylic acids is 1. The molecule has 0 spiro atoms. The maximum Gasteiger partial charge on any atom is 0.194 e. The van der Waals surface area contributed by atoms with Crippen LogP contribution in [0.4, 0.5) is 14.5 Å². The molecule has 1 aromatic carbocycles. The first kappa shape index (κ1) is 13.8. The van der Waals surface area contributed by atoms with E-state index in [1.165, 1.54) is 18.3 Å². The zero-order valence-electron chi connectivity index (χ0n) is 10.6. The number of fused-ring (bicyclic) bond motifs is 1. The number of rotatable bonds is 2. The number of ketones is 1. The van der Waals surface area contributed by atoms with E-state index >= 15 is 0 Å². The Kier molecular flexibility index (Phi) is 3.47. The molecule has 1 aromatic heterocycles. The van der Waals surface area contributed by atoms with Crippen LogP contribution < -0.4 is 0 Å². The van der Waals surface area contributed by atoms with Crippen molar-refractivity contribution in [3.05, 3.63) is 58.4 Å². The number of halogens is 3. The number of hydrogen-bond donors (Lipinski definition) is 0. The standard InChI is InChI=1S/C14H8ClF2N3O/c15-14-12-10(3-4-18-14)19-20-11(13(12)21)6-7-1-2-8(16)9(17)5-7/h1-5,11H,6H2. The minimum absolute atomic E-state index is 0.0615. The number of benzene rings is 1. The van der Waals surface area contributed by atoms with Gasteiger partial charge in [0.15, 0.2) is 17.4 Å². The number of carbonyl (C=O) groups is 1. The number of hydrogen-bond acceptors (Lipinski definition) is 4. The summed E-state index contributed by atoms with van der Waals surface area (Å²) in [5.74, 6) is -2.23. The van der Waals surface area contributed by atoms with Crippen LogP contribution in [0, 0.1) is 11.6 Å². The van der Waals surface area contributed by atoms with Crippen molar-refractivity contribution in [1.82, 2.24) is 4.98 Å². The van der Waals surface area contributed by atoms with Crippen LogP contribution in [0.3, 0.4) is 0 Å². The first-order valence-corrected chi connectivity index (χ1v) is 6.47. The summed E-state index contributed by atoms with van der Waals surface area (Å²) in [6.07, 6.45) is 1.55. The highest BCUT2D eigenvalue weighted by Crippen LogP contribution is 2.31. The highest BCUT2D eigenvalue weighted by atomic mass is 35.5. The molecule has 2 heterocycles. The van der Waals surface area contributed by atoms with Gasteiger partial charge in [0, 0.05) is 12.6 Å². The van der Waals surface area contributed by atoms with Gasteiger partial charge in [0.05, 0.1) is 5.56 Å². The van der Waals surface area contributed by atoms with Crippen LogP contribution in [0.1, 0.15) is 15.9 Å². The Hall–Kier alpha value is -2.21. The quantitative estimate of drug-likeness (QED) is 0.790. The summed E-state index contributed by atoms with van der Waals surface area (Å²) in [4.78, 5) is 16.2. The third-order valence-corrected chi connectivity index (χ3v) is 3.44. The molecule has 0 radical (unpaired) electrons. The average molecular weight is 308 g/mol. The van der Waals surface area contributed by atoms with Gasteiger partial charge in [0.2, 0.25) is 0 Å². The van der Waals surface area contributed by atoms with Gasteiger partial charge in [0.1, 0.15) is 16.9 Å². The zero-order valence-corrected chi connectivity index (χ0v) is 11.3. The van der Waals surface area contributed by atoms with E-state index in [-0.39, 0.29) is 22.9 Å². The van der Waals surface area contributed by atoms with Gasteiger partial charge in [-0.1, -0.05) is 17.7 Å². The van der Waals surface area contributed by atoms with E-state index < -0.39 is 17.7 Å². The second kappa shape index (κ2) is 5.29. The molecule has 106 valence electrons. The second-order valence-electron chi connectivity index (χ2n) is 4.54. The molecular weight excluding hydrogens is 300 g/mol. The van der Waals surface area contributed by atoms with E-state index in [1.54, 1.807) is 0 Å². The molecule has 7 heteroatoms. The zero-order chi connectivity index (χ0) is 15.0. The molecule has 0 amide bonds. The molecule has 2 aromatic rings. The molecule has 1 aliphatic rings. The van der Waals surface area contributed by atoms with Crippen molar-refractivity contribution in [2.75, 3.05) is 0 Å². The number of aromatic nitrogens is 1. The molecule has 21 heavy (non-hydrogen) atoms. The summed E-state index contributed by atoms with van der Waals surface area (Å²) < 4.78 is 26.1. The van der Waals surface area contributed by atoms with Gasteiger partial charge in [0.25, 0.3) is 0 Å². The molecule has 0 fully saturated rings. The van der Waals surface area contributed by atoms with Crippen LogP contribution in [0.25, 0.3) is 0 Å². The predicted octanol–water partition coefficient (Wildman–Crippen LogP) is 3.90. The lowest BCUT2D eigenvalue weighted by Gasteiger charge is -2.16. The summed E-state index contributed by atoms with van der Waals surface area (Å²) in [5.41, 5.74) is 1.03. The van der Waals surface area contributed by atoms with E-state index in [0.717, 1.165) is 12.1 Å². The van der Waals surface area contributed by atoms with Gasteiger partial charge in [-0.05, 0) is 23.8 Å². The second-order valence-corrected chi connectivity index (χ2v) is 4.90. The van der Waals surface area contributed by atoms with Gasteiger partial charge < -0.3 is 0 Å².